The van der Waals surface area contributed by atoms with Crippen molar-refractivity contribution in [2.24, 2.45) is 0 Å². The van der Waals surface area contributed by atoms with E-state index in [-0.39, 0.29) is 21.8 Å². The monoisotopic (exact) mass is 332 g/mol. The van der Waals surface area contributed by atoms with Crippen molar-refractivity contribution < 1.29 is 18.8 Å². The number of hydrogen-bond acceptors (Lipinski definition) is 3. The molecule has 0 radical (unpaired) electrons. The van der Waals surface area contributed by atoms with Crippen molar-refractivity contribution in [3.05, 3.63) is 64.4 Å². The average Bonchev–Trinajstić information content (AvgIpc) is 2.76. The maximum Gasteiger partial charge on any atom is 0.262 e. The molecule has 0 unspecified atom stereocenters. The summed E-state index contributed by atoms with van der Waals surface area (Å²) in [5.41, 5.74) is 0.387. The molecule has 5 nitrogen and oxygen atoms in total. The number of nitrogens with zero attached hydrogens (tertiary/aromatic N) is 1. The maximum absolute atomic E-state index is 13.6. The van der Waals surface area contributed by atoms with Crippen LogP contribution in [0.25, 0.3) is 0 Å². The number of fused-ring (bicyclic) bond motifs is 1. The van der Waals surface area contributed by atoms with Gasteiger partial charge in [0.1, 0.15) is 12.4 Å². The highest BCUT2D eigenvalue weighted by Crippen LogP contribution is 2.23. The lowest BCUT2D eigenvalue weighted by Crippen LogP contribution is -2.37. The number of carbonyl (C=O) groups is 3. The number of halogens is 2. The van der Waals surface area contributed by atoms with Gasteiger partial charge in [0, 0.05) is 5.02 Å². The zero-order valence-electron chi connectivity index (χ0n) is 11.7. The van der Waals surface area contributed by atoms with Crippen LogP contribution in [0.15, 0.2) is 42.5 Å². The predicted molar refractivity (Wildman–Crippen MR) is 81.8 cm³/mol. The van der Waals surface area contributed by atoms with Crippen LogP contribution < -0.4 is 5.32 Å². The van der Waals surface area contributed by atoms with Crippen molar-refractivity contribution in [3.8, 4) is 0 Å². The van der Waals surface area contributed by atoms with Crippen LogP contribution in [0.4, 0.5) is 10.1 Å². The number of amides is 3. The number of rotatable bonds is 3. The highest BCUT2D eigenvalue weighted by molar-refractivity contribution is 6.31. The Morgan fingerprint density at radius 2 is 1.70 bits per heavy atom. The fourth-order valence-electron chi connectivity index (χ4n) is 2.31. The lowest BCUT2D eigenvalue weighted by Gasteiger charge is -2.14. The molecule has 116 valence electrons. The van der Waals surface area contributed by atoms with Crippen LogP contribution in [0.2, 0.25) is 5.02 Å². The van der Waals surface area contributed by atoms with Gasteiger partial charge in [-0.3, -0.25) is 19.3 Å². The molecule has 1 heterocycles. The Kier molecular flexibility index (Phi) is 3.83. The van der Waals surface area contributed by atoms with Gasteiger partial charge in [-0.1, -0.05) is 23.7 Å². The SMILES string of the molecule is O=C(CN1C(=O)c2ccccc2C1=O)Nc1cc(Cl)ccc1F. The van der Waals surface area contributed by atoms with E-state index in [4.69, 9.17) is 11.6 Å². The third kappa shape index (κ3) is 2.80. The fourth-order valence-corrected chi connectivity index (χ4v) is 2.48. The van der Waals surface area contributed by atoms with E-state index in [1.807, 2.05) is 0 Å². The summed E-state index contributed by atoms with van der Waals surface area (Å²) in [6.45, 7) is -0.502. The third-order valence-electron chi connectivity index (χ3n) is 3.38. The standard InChI is InChI=1S/C16H10ClFN2O3/c17-9-5-6-12(18)13(7-9)19-14(21)8-20-15(22)10-3-1-2-4-11(10)16(20)23/h1-7H,8H2,(H,19,21). The minimum atomic E-state index is -0.694. The fraction of sp³-hybridized carbons (Fsp3) is 0.0625. The molecule has 3 amide bonds. The molecule has 0 aliphatic carbocycles. The third-order valence-corrected chi connectivity index (χ3v) is 3.62. The Balaban J connectivity index is 1.76. The number of nitrogens with one attached hydrogen (secondary N) is 1. The molecule has 0 saturated carbocycles. The predicted octanol–water partition coefficient (Wildman–Crippen LogP) is 2.71. The molecule has 0 spiro atoms. The van der Waals surface area contributed by atoms with Crippen LogP contribution in [0, 0.1) is 5.82 Å². The van der Waals surface area contributed by atoms with Crippen LogP contribution in [0.5, 0.6) is 0 Å². The number of hydrogen-bond donors (Lipinski definition) is 1. The average molecular weight is 333 g/mol. The number of anilines is 1. The Bertz CT molecular complexity index is 803. The van der Waals surface area contributed by atoms with Crippen LogP contribution in [-0.4, -0.2) is 29.2 Å². The second kappa shape index (κ2) is 5.81. The van der Waals surface area contributed by atoms with Crippen molar-refractivity contribution in [2.45, 2.75) is 0 Å². The smallest absolute Gasteiger partial charge is 0.262 e. The Hall–Kier alpha value is -2.73. The lowest BCUT2D eigenvalue weighted by atomic mass is 10.1. The first-order valence-corrected chi connectivity index (χ1v) is 7.05. The first kappa shape index (κ1) is 15.2. The molecule has 0 saturated heterocycles. The summed E-state index contributed by atoms with van der Waals surface area (Å²) in [6.07, 6.45) is 0. The van der Waals surface area contributed by atoms with Gasteiger partial charge in [-0.2, -0.15) is 0 Å². The van der Waals surface area contributed by atoms with Gasteiger partial charge in [0.25, 0.3) is 11.8 Å². The van der Waals surface area contributed by atoms with Crippen LogP contribution in [0.3, 0.4) is 0 Å². The van der Waals surface area contributed by atoms with Crippen molar-refractivity contribution in [1.82, 2.24) is 4.90 Å². The number of benzene rings is 2. The van der Waals surface area contributed by atoms with Gasteiger partial charge in [0.15, 0.2) is 0 Å². The summed E-state index contributed by atoms with van der Waals surface area (Å²) in [5, 5.41) is 2.55. The Morgan fingerprint density at radius 3 is 2.30 bits per heavy atom. The minimum Gasteiger partial charge on any atom is -0.322 e. The van der Waals surface area contributed by atoms with E-state index in [1.54, 1.807) is 12.1 Å². The summed E-state index contributed by atoms with van der Waals surface area (Å²) in [4.78, 5) is 37.1. The van der Waals surface area contributed by atoms with Gasteiger partial charge >= 0.3 is 0 Å². The van der Waals surface area contributed by atoms with Gasteiger partial charge in [-0.05, 0) is 30.3 Å². The molecule has 1 aliphatic rings. The van der Waals surface area contributed by atoms with Gasteiger partial charge in [-0.25, -0.2) is 4.39 Å². The van der Waals surface area contributed by atoms with Gasteiger partial charge in [0.05, 0.1) is 16.8 Å². The van der Waals surface area contributed by atoms with Crippen LogP contribution >= 0.6 is 11.6 Å². The van der Waals surface area contributed by atoms with Gasteiger partial charge in [0.2, 0.25) is 5.91 Å². The second-order valence-corrected chi connectivity index (χ2v) is 5.35. The molecule has 1 aliphatic heterocycles. The van der Waals surface area contributed by atoms with Crippen molar-refractivity contribution >= 4 is 35.0 Å². The molecule has 2 aromatic rings. The Labute approximate surface area is 135 Å². The number of carbonyl (C=O) groups excluding carboxylic acids is 3. The summed E-state index contributed by atoms with van der Waals surface area (Å²) in [6, 6.07) is 10.0. The molecule has 23 heavy (non-hydrogen) atoms. The molecular formula is C16H10ClFN2O3. The topological polar surface area (TPSA) is 66.5 Å². The summed E-state index contributed by atoms with van der Waals surface area (Å²) < 4.78 is 13.6. The Morgan fingerprint density at radius 1 is 1.09 bits per heavy atom. The van der Waals surface area contributed by atoms with Crippen molar-refractivity contribution in [3.63, 3.8) is 0 Å². The summed E-state index contributed by atoms with van der Waals surface area (Å²) in [5.74, 6) is -2.45. The highest BCUT2D eigenvalue weighted by atomic mass is 35.5. The van der Waals surface area contributed by atoms with E-state index in [0.29, 0.717) is 0 Å². The van der Waals surface area contributed by atoms with E-state index in [1.165, 1.54) is 24.3 Å². The highest BCUT2D eigenvalue weighted by Gasteiger charge is 2.36. The zero-order valence-corrected chi connectivity index (χ0v) is 12.4. The van der Waals surface area contributed by atoms with Crippen molar-refractivity contribution in [1.29, 1.82) is 0 Å². The first-order chi connectivity index (χ1) is 11.0. The van der Waals surface area contributed by atoms with Gasteiger partial charge < -0.3 is 5.32 Å². The molecular weight excluding hydrogens is 323 g/mol. The molecule has 0 atom stereocenters. The molecule has 2 aromatic carbocycles. The maximum atomic E-state index is 13.6. The first-order valence-electron chi connectivity index (χ1n) is 6.67. The van der Waals surface area contributed by atoms with Crippen LogP contribution in [0.1, 0.15) is 20.7 Å². The quantitative estimate of drug-likeness (QED) is 0.879. The van der Waals surface area contributed by atoms with E-state index in [0.717, 1.165) is 11.0 Å². The lowest BCUT2D eigenvalue weighted by molar-refractivity contribution is -0.116. The normalized spacial score (nSPS) is 13.2. The largest absolute Gasteiger partial charge is 0.322 e. The molecule has 0 bridgehead atoms. The summed E-state index contributed by atoms with van der Waals surface area (Å²) >= 11 is 5.74. The van der Waals surface area contributed by atoms with E-state index < -0.39 is 30.1 Å². The molecule has 7 heteroatoms. The minimum absolute atomic E-state index is 0.112. The van der Waals surface area contributed by atoms with E-state index >= 15 is 0 Å². The van der Waals surface area contributed by atoms with Gasteiger partial charge in [-0.15, -0.1) is 0 Å². The molecule has 0 fully saturated rings. The number of imide groups is 1. The van der Waals surface area contributed by atoms with E-state index in [2.05, 4.69) is 5.32 Å². The zero-order chi connectivity index (χ0) is 16.6. The molecule has 3 rings (SSSR count). The molecule has 1 N–H and O–H groups in total. The van der Waals surface area contributed by atoms with E-state index in [9.17, 15) is 18.8 Å². The van der Waals surface area contributed by atoms with Crippen molar-refractivity contribution in [2.75, 3.05) is 11.9 Å². The second-order valence-electron chi connectivity index (χ2n) is 4.91. The summed E-state index contributed by atoms with van der Waals surface area (Å²) in [7, 11) is 0. The molecule has 0 aromatic heterocycles. The van der Waals surface area contributed by atoms with Crippen LogP contribution in [-0.2, 0) is 4.79 Å².